The second kappa shape index (κ2) is 56.7. The van der Waals surface area contributed by atoms with Gasteiger partial charge in [0.1, 0.15) is 13.2 Å². The molecule has 0 saturated heterocycles. The summed E-state index contributed by atoms with van der Waals surface area (Å²) in [5.74, 6) is -0.968. The Labute approximate surface area is 425 Å². The molecule has 0 amide bonds. The van der Waals surface area contributed by atoms with Crippen LogP contribution in [0.4, 0.5) is 0 Å². The van der Waals surface area contributed by atoms with Crippen molar-refractivity contribution in [2.75, 3.05) is 13.2 Å². The highest BCUT2D eigenvalue weighted by Crippen LogP contribution is 2.14. The molecule has 69 heavy (non-hydrogen) atoms. The van der Waals surface area contributed by atoms with Crippen LogP contribution in [0.25, 0.3) is 0 Å². The van der Waals surface area contributed by atoms with Gasteiger partial charge in [-0.05, 0) is 116 Å². The van der Waals surface area contributed by atoms with Gasteiger partial charge in [-0.25, -0.2) is 0 Å². The van der Waals surface area contributed by atoms with E-state index in [-0.39, 0.29) is 37.5 Å². The molecule has 0 rings (SSSR count). The lowest BCUT2D eigenvalue weighted by atomic mass is 10.1. The van der Waals surface area contributed by atoms with Gasteiger partial charge in [0.2, 0.25) is 0 Å². The molecule has 0 N–H and O–H groups in total. The highest BCUT2D eigenvalue weighted by molar-refractivity contribution is 5.71. The van der Waals surface area contributed by atoms with Crippen molar-refractivity contribution in [1.29, 1.82) is 0 Å². The predicted octanol–water partition coefficient (Wildman–Crippen LogP) is 19.1. The second-order valence-electron chi connectivity index (χ2n) is 18.5. The summed E-state index contributed by atoms with van der Waals surface area (Å²) >= 11 is 0. The zero-order valence-electron chi connectivity index (χ0n) is 44.8. The summed E-state index contributed by atoms with van der Waals surface area (Å²) in [4.78, 5) is 38.1. The topological polar surface area (TPSA) is 78.9 Å². The number of carbonyl (C=O) groups excluding carboxylic acids is 3. The van der Waals surface area contributed by atoms with Gasteiger partial charge in [0, 0.05) is 19.3 Å². The first-order chi connectivity index (χ1) is 34.0. The van der Waals surface area contributed by atoms with Gasteiger partial charge in [-0.15, -0.1) is 0 Å². The number of hydrogen-bond donors (Lipinski definition) is 0. The molecule has 0 radical (unpaired) electrons. The monoisotopic (exact) mass is 957 g/mol. The summed E-state index contributed by atoms with van der Waals surface area (Å²) in [5, 5.41) is 0. The maximum Gasteiger partial charge on any atom is 0.306 e. The van der Waals surface area contributed by atoms with Crippen molar-refractivity contribution in [1.82, 2.24) is 0 Å². The minimum absolute atomic E-state index is 0.104. The lowest BCUT2D eigenvalue weighted by molar-refractivity contribution is -0.167. The fourth-order valence-corrected chi connectivity index (χ4v) is 7.56. The Bertz CT molecular complexity index is 1420. The number of ether oxygens (including phenoxy) is 3. The predicted molar refractivity (Wildman–Crippen MR) is 297 cm³/mol. The highest BCUT2D eigenvalue weighted by atomic mass is 16.6. The molecule has 0 aliphatic heterocycles. The standard InChI is InChI=1S/C63H104O6/c1-4-7-10-13-16-19-22-25-28-31-32-33-36-38-41-44-47-50-53-56-62(65)68-59-60(69-63(66)57-54-51-48-45-42-39-35-30-27-24-21-18-15-12-9-6-3)58-67-61(64)55-52-49-46-43-40-37-34-29-26-23-20-17-14-11-8-5-2/h7,9-10,12,16,18-19,21,25,27-30,34,37,39-40,42,60H,4-6,8,11,13-15,17,20,22-24,26,31-33,35-36,38,41,43-59H2,1-3H3/b10-7-,12-9-,19-16-,21-18-,28-25-,30-27-,34-29-,40-37-,42-39-. The van der Waals surface area contributed by atoms with Crippen LogP contribution >= 0.6 is 0 Å². The van der Waals surface area contributed by atoms with E-state index in [2.05, 4.69) is 130 Å². The molecular weight excluding hydrogens is 853 g/mol. The summed E-state index contributed by atoms with van der Waals surface area (Å²) in [7, 11) is 0. The van der Waals surface area contributed by atoms with Gasteiger partial charge in [0.15, 0.2) is 6.10 Å². The summed E-state index contributed by atoms with van der Waals surface area (Å²) < 4.78 is 16.8. The summed E-state index contributed by atoms with van der Waals surface area (Å²) in [6.07, 6.45) is 76.5. The van der Waals surface area contributed by atoms with Crippen molar-refractivity contribution in [3.63, 3.8) is 0 Å². The van der Waals surface area contributed by atoms with Crippen LogP contribution in [0.5, 0.6) is 0 Å². The third-order valence-corrected chi connectivity index (χ3v) is 11.8. The normalized spacial score (nSPS) is 12.9. The third-order valence-electron chi connectivity index (χ3n) is 11.8. The molecule has 6 heteroatoms. The summed E-state index contributed by atoms with van der Waals surface area (Å²) in [5.41, 5.74) is 0. The summed E-state index contributed by atoms with van der Waals surface area (Å²) in [6.45, 7) is 6.36. The fraction of sp³-hybridized carbons (Fsp3) is 0.667. The Morgan fingerprint density at radius 3 is 0.986 bits per heavy atom. The molecule has 0 aliphatic rings. The van der Waals surface area contributed by atoms with Crippen LogP contribution in [0.15, 0.2) is 109 Å². The SMILES string of the molecule is CC/C=C\C/C=C\C/C=C\C/C=C\CCCCCC(=O)OC(COC(=O)CCCCC/C=C\C=C/CCCCCCCCC)COC(=O)CCCCCCCCCCC/C=C\C/C=C\C/C=C\CC. The molecule has 0 aliphatic carbocycles. The molecule has 0 fully saturated rings. The molecule has 0 bridgehead atoms. The van der Waals surface area contributed by atoms with E-state index in [9.17, 15) is 14.4 Å². The Morgan fingerprint density at radius 2 is 0.609 bits per heavy atom. The molecule has 0 aromatic rings. The molecule has 0 spiro atoms. The number of unbranched alkanes of at least 4 members (excludes halogenated alkanes) is 22. The van der Waals surface area contributed by atoms with Gasteiger partial charge >= 0.3 is 17.9 Å². The van der Waals surface area contributed by atoms with Crippen LogP contribution in [0.1, 0.15) is 252 Å². The molecule has 0 aromatic carbocycles. The third kappa shape index (κ3) is 54.9. The van der Waals surface area contributed by atoms with Gasteiger partial charge in [0.05, 0.1) is 0 Å². The lowest BCUT2D eigenvalue weighted by Crippen LogP contribution is -2.30. The fourth-order valence-electron chi connectivity index (χ4n) is 7.56. The lowest BCUT2D eigenvalue weighted by Gasteiger charge is -2.18. The van der Waals surface area contributed by atoms with Crippen LogP contribution in [0.2, 0.25) is 0 Å². The number of esters is 3. The Kier molecular flexibility index (Phi) is 53.4. The molecule has 0 saturated carbocycles. The Balaban J connectivity index is 4.48. The van der Waals surface area contributed by atoms with E-state index in [1.54, 1.807) is 0 Å². The van der Waals surface area contributed by atoms with E-state index in [1.807, 2.05) is 0 Å². The average Bonchev–Trinajstić information content (AvgIpc) is 3.35. The second-order valence-corrected chi connectivity index (χ2v) is 18.5. The van der Waals surface area contributed by atoms with Crippen LogP contribution in [0, 0.1) is 0 Å². The highest BCUT2D eigenvalue weighted by Gasteiger charge is 2.19. The van der Waals surface area contributed by atoms with Crippen LogP contribution in [0.3, 0.4) is 0 Å². The van der Waals surface area contributed by atoms with Gasteiger partial charge in [-0.1, -0.05) is 226 Å². The largest absolute Gasteiger partial charge is 0.462 e. The number of rotatable bonds is 50. The summed E-state index contributed by atoms with van der Waals surface area (Å²) in [6, 6.07) is 0. The van der Waals surface area contributed by atoms with E-state index >= 15 is 0 Å². The van der Waals surface area contributed by atoms with E-state index in [0.29, 0.717) is 12.8 Å². The van der Waals surface area contributed by atoms with Gasteiger partial charge in [0.25, 0.3) is 0 Å². The molecule has 6 nitrogen and oxygen atoms in total. The average molecular weight is 958 g/mol. The smallest absolute Gasteiger partial charge is 0.306 e. The number of carbonyl (C=O) groups is 3. The zero-order chi connectivity index (χ0) is 50.0. The molecular formula is C63H104O6. The van der Waals surface area contributed by atoms with Crippen molar-refractivity contribution in [2.45, 2.75) is 258 Å². The Hall–Kier alpha value is -3.93. The van der Waals surface area contributed by atoms with Crippen LogP contribution in [-0.2, 0) is 28.6 Å². The van der Waals surface area contributed by atoms with E-state index in [1.165, 1.54) is 89.9 Å². The van der Waals surface area contributed by atoms with Crippen molar-refractivity contribution < 1.29 is 28.6 Å². The van der Waals surface area contributed by atoms with Crippen molar-refractivity contribution in [2.24, 2.45) is 0 Å². The van der Waals surface area contributed by atoms with E-state index in [4.69, 9.17) is 14.2 Å². The quantitative estimate of drug-likeness (QED) is 0.0199. The van der Waals surface area contributed by atoms with Crippen molar-refractivity contribution in [3.8, 4) is 0 Å². The molecule has 1 atom stereocenters. The maximum absolute atomic E-state index is 12.8. The zero-order valence-corrected chi connectivity index (χ0v) is 44.8. The molecule has 0 aromatic heterocycles. The van der Waals surface area contributed by atoms with Crippen LogP contribution in [-0.4, -0.2) is 37.2 Å². The van der Waals surface area contributed by atoms with Crippen molar-refractivity contribution in [3.05, 3.63) is 109 Å². The van der Waals surface area contributed by atoms with Gasteiger partial charge < -0.3 is 14.2 Å². The van der Waals surface area contributed by atoms with Crippen LogP contribution < -0.4 is 0 Å². The minimum atomic E-state index is -0.810. The minimum Gasteiger partial charge on any atom is -0.462 e. The molecule has 392 valence electrons. The first-order valence-corrected chi connectivity index (χ1v) is 28.4. The first-order valence-electron chi connectivity index (χ1n) is 28.4. The first kappa shape index (κ1) is 65.1. The Morgan fingerprint density at radius 1 is 0.319 bits per heavy atom. The number of hydrogen-bond acceptors (Lipinski definition) is 6. The molecule has 0 heterocycles. The maximum atomic E-state index is 12.8. The van der Waals surface area contributed by atoms with E-state index in [0.717, 1.165) is 122 Å². The molecule has 1 unspecified atom stereocenters. The van der Waals surface area contributed by atoms with Crippen molar-refractivity contribution >= 4 is 17.9 Å². The van der Waals surface area contributed by atoms with Gasteiger partial charge in [-0.2, -0.15) is 0 Å². The van der Waals surface area contributed by atoms with E-state index < -0.39 is 6.10 Å². The number of allylic oxidation sites excluding steroid dienone is 18. The van der Waals surface area contributed by atoms with Gasteiger partial charge in [-0.3, -0.25) is 14.4 Å².